The summed E-state index contributed by atoms with van der Waals surface area (Å²) >= 11 is 0. The average molecular weight is 311 g/mol. The Morgan fingerprint density at radius 1 is 0.909 bits per heavy atom. The van der Waals surface area contributed by atoms with Gasteiger partial charge in [0.15, 0.2) is 0 Å². The molecule has 0 fully saturated rings. The fraction of sp³-hybridized carbons (Fsp3) is 0.111. The highest BCUT2D eigenvalue weighted by Crippen LogP contribution is 2.25. The van der Waals surface area contributed by atoms with Gasteiger partial charge in [-0.15, -0.1) is 0 Å². The molecule has 0 aliphatic rings. The zero-order valence-electron chi connectivity index (χ0n) is 12.3. The van der Waals surface area contributed by atoms with Crippen LogP contribution in [-0.4, -0.2) is 8.42 Å². The summed E-state index contributed by atoms with van der Waals surface area (Å²) in [5, 5.41) is 1.64. The molecule has 0 aliphatic heterocycles. The van der Waals surface area contributed by atoms with E-state index in [1.54, 1.807) is 18.2 Å². The first-order chi connectivity index (χ1) is 10.6. The summed E-state index contributed by atoms with van der Waals surface area (Å²) in [5.74, 6) is 0. The molecule has 0 aliphatic carbocycles. The van der Waals surface area contributed by atoms with E-state index in [0.29, 0.717) is 10.6 Å². The normalized spacial score (nSPS) is 11.5. The smallest absolute Gasteiger partial charge is 0.262 e. The van der Waals surface area contributed by atoms with E-state index in [-0.39, 0.29) is 0 Å². The van der Waals surface area contributed by atoms with Crippen molar-refractivity contribution in [1.82, 2.24) is 0 Å². The second-order valence-electron chi connectivity index (χ2n) is 5.14. The van der Waals surface area contributed by atoms with Crippen molar-refractivity contribution in [2.75, 3.05) is 4.72 Å². The van der Waals surface area contributed by atoms with Crippen molar-refractivity contribution < 1.29 is 8.42 Å². The lowest BCUT2D eigenvalue weighted by atomic mass is 10.1. The van der Waals surface area contributed by atoms with E-state index in [4.69, 9.17) is 0 Å². The molecular weight excluding hydrogens is 294 g/mol. The van der Waals surface area contributed by atoms with Crippen molar-refractivity contribution in [3.05, 3.63) is 72.3 Å². The summed E-state index contributed by atoms with van der Waals surface area (Å²) in [5.41, 5.74) is 1.69. The fourth-order valence-corrected chi connectivity index (χ4v) is 3.78. The van der Waals surface area contributed by atoms with Gasteiger partial charge in [-0.3, -0.25) is 4.72 Å². The van der Waals surface area contributed by atoms with E-state index in [1.807, 2.05) is 55.5 Å². The van der Waals surface area contributed by atoms with Gasteiger partial charge in [0, 0.05) is 11.1 Å². The SMILES string of the molecule is CCc1cccc(NS(=O)(=O)c2cccc3ccccc23)c1. The van der Waals surface area contributed by atoms with Crippen molar-refractivity contribution in [1.29, 1.82) is 0 Å². The van der Waals surface area contributed by atoms with Crippen LogP contribution in [0.2, 0.25) is 0 Å². The molecule has 112 valence electrons. The van der Waals surface area contributed by atoms with Crippen molar-refractivity contribution in [2.24, 2.45) is 0 Å². The average Bonchev–Trinajstić information content (AvgIpc) is 2.54. The Kier molecular flexibility index (Phi) is 3.86. The van der Waals surface area contributed by atoms with E-state index < -0.39 is 10.0 Å². The van der Waals surface area contributed by atoms with Crippen LogP contribution in [0.5, 0.6) is 0 Å². The predicted molar refractivity (Wildman–Crippen MR) is 90.6 cm³/mol. The molecule has 0 saturated heterocycles. The Hall–Kier alpha value is -2.33. The second-order valence-corrected chi connectivity index (χ2v) is 6.79. The lowest BCUT2D eigenvalue weighted by molar-refractivity contribution is 0.602. The molecule has 3 aromatic carbocycles. The van der Waals surface area contributed by atoms with Gasteiger partial charge < -0.3 is 0 Å². The molecule has 4 heteroatoms. The minimum Gasteiger partial charge on any atom is -0.280 e. The molecule has 0 spiro atoms. The summed E-state index contributed by atoms with van der Waals surface area (Å²) in [7, 11) is -3.61. The van der Waals surface area contributed by atoms with Gasteiger partial charge in [-0.25, -0.2) is 8.42 Å². The number of fused-ring (bicyclic) bond motifs is 1. The van der Waals surface area contributed by atoms with Crippen LogP contribution in [0.4, 0.5) is 5.69 Å². The molecule has 0 aromatic heterocycles. The van der Waals surface area contributed by atoms with Crippen LogP contribution in [0.3, 0.4) is 0 Å². The van der Waals surface area contributed by atoms with Crippen LogP contribution >= 0.6 is 0 Å². The van der Waals surface area contributed by atoms with Gasteiger partial charge in [-0.1, -0.05) is 55.5 Å². The summed E-state index contributed by atoms with van der Waals surface area (Å²) < 4.78 is 28.1. The first kappa shape index (κ1) is 14.6. The van der Waals surface area contributed by atoms with Gasteiger partial charge in [0.05, 0.1) is 4.90 Å². The molecule has 22 heavy (non-hydrogen) atoms. The van der Waals surface area contributed by atoms with Gasteiger partial charge in [-0.2, -0.15) is 0 Å². The minimum absolute atomic E-state index is 0.299. The summed E-state index contributed by atoms with van der Waals surface area (Å²) in [4.78, 5) is 0.299. The number of hydrogen-bond acceptors (Lipinski definition) is 2. The van der Waals surface area contributed by atoms with Crippen LogP contribution in [-0.2, 0) is 16.4 Å². The van der Waals surface area contributed by atoms with Gasteiger partial charge in [0.2, 0.25) is 0 Å². The summed E-state index contributed by atoms with van der Waals surface area (Å²) in [6, 6.07) is 20.3. The molecule has 3 rings (SSSR count). The quantitative estimate of drug-likeness (QED) is 0.785. The lowest BCUT2D eigenvalue weighted by Crippen LogP contribution is -2.13. The Bertz CT molecular complexity index is 912. The summed E-state index contributed by atoms with van der Waals surface area (Å²) in [6.45, 7) is 2.04. The first-order valence-electron chi connectivity index (χ1n) is 7.19. The first-order valence-corrected chi connectivity index (χ1v) is 8.68. The van der Waals surface area contributed by atoms with Crippen molar-refractivity contribution in [3.63, 3.8) is 0 Å². The van der Waals surface area contributed by atoms with Gasteiger partial charge >= 0.3 is 0 Å². The van der Waals surface area contributed by atoms with Gasteiger partial charge in [-0.05, 0) is 35.6 Å². The number of aryl methyl sites for hydroxylation is 1. The Balaban J connectivity index is 2.05. The maximum atomic E-state index is 12.7. The van der Waals surface area contributed by atoms with Crippen LogP contribution in [0.1, 0.15) is 12.5 Å². The molecule has 0 radical (unpaired) electrons. The number of rotatable bonds is 4. The Labute approximate surface area is 130 Å². The standard InChI is InChI=1S/C18H17NO2S/c1-2-14-7-5-10-16(13-14)19-22(20,21)18-12-6-9-15-8-3-4-11-17(15)18/h3-13,19H,2H2,1H3. The molecule has 0 unspecified atom stereocenters. The zero-order chi connectivity index (χ0) is 15.6. The van der Waals surface area contributed by atoms with Crippen LogP contribution < -0.4 is 4.72 Å². The predicted octanol–water partition coefficient (Wildman–Crippen LogP) is 4.20. The molecule has 0 heterocycles. The second kappa shape index (κ2) is 5.81. The van der Waals surface area contributed by atoms with Crippen molar-refractivity contribution in [2.45, 2.75) is 18.2 Å². The van der Waals surface area contributed by atoms with Crippen LogP contribution in [0, 0.1) is 0 Å². The van der Waals surface area contributed by atoms with Crippen molar-refractivity contribution in [3.8, 4) is 0 Å². The molecular formula is C18H17NO2S. The number of sulfonamides is 1. The number of nitrogens with one attached hydrogen (secondary N) is 1. The van der Waals surface area contributed by atoms with Crippen LogP contribution in [0.25, 0.3) is 10.8 Å². The number of hydrogen-bond donors (Lipinski definition) is 1. The van der Waals surface area contributed by atoms with E-state index in [0.717, 1.165) is 22.8 Å². The number of anilines is 1. The Morgan fingerprint density at radius 3 is 2.45 bits per heavy atom. The van der Waals surface area contributed by atoms with Crippen LogP contribution in [0.15, 0.2) is 71.6 Å². The van der Waals surface area contributed by atoms with Gasteiger partial charge in [0.1, 0.15) is 0 Å². The third kappa shape index (κ3) is 2.83. The Morgan fingerprint density at radius 2 is 1.64 bits per heavy atom. The monoisotopic (exact) mass is 311 g/mol. The topological polar surface area (TPSA) is 46.2 Å². The largest absolute Gasteiger partial charge is 0.280 e. The molecule has 0 saturated carbocycles. The highest BCUT2D eigenvalue weighted by atomic mass is 32.2. The highest BCUT2D eigenvalue weighted by molar-refractivity contribution is 7.93. The third-order valence-corrected chi connectivity index (χ3v) is 5.07. The molecule has 0 amide bonds. The molecule has 3 aromatic rings. The van der Waals surface area contributed by atoms with E-state index in [9.17, 15) is 8.42 Å². The maximum absolute atomic E-state index is 12.7. The highest BCUT2D eigenvalue weighted by Gasteiger charge is 2.17. The lowest BCUT2D eigenvalue weighted by Gasteiger charge is -2.11. The van der Waals surface area contributed by atoms with E-state index in [2.05, 4.69) is 4.72 Å². The number of benzene rings is 3. The fourth-order valence-electron chi connectivity index (χ4n) is 2.49. The van der Waals surface area contributed by atoms with E-state index >= 15 is 0 Å². The summed E-state index contributed by atoms with van der Waals surface area (Å²) in [6.07, 6.45) is 0.865. The molecule has 0 atom stereocenters. The zero-order valence-corrected chi connectivity index (χ0v) is 13.1. The third-order valence-electron chi connectivity index (χ3n) is 3.63. The minimum atomic E-state index is -3.61. The molecule has 1 N–H and O–H groups in total. The maximum Gasteiger partial charge on any atom is 0.262 e. The van der Waals surface area contributed by atoms with E-state index in [1.165, 1.54) is 0 Å². The van der Waals surface area contributed by atoms with Gasteiger partial charge in [0.25, 0.3) is 10.0 Å². The molecule has 3 nitrogen and oxygen atoms in total. The molecule has 0 bridgehead atoms. The van der Waals surface area contributed by atoms with Crippen molar-refractivity contribution >= 4 is 26.5 Å².